The van der Waals surface area contributed by atoms with Gasteiger partial charge in [0.25, 0.3) is 0 Å². The van der Waals surface area contributed by atoms with Crippen LogP contribution in [-0.2, 0) is 0 Å². The fraction of sp³-hybridized carbons (Fsp3) is 0.0500. The van der Waals surface area contributed by atoms with E-state index in [1.807, 2.05) is 43.3 Å². The van der Waals surface area contributed by atoms with Crippen molar-refractivity contribution in [1.82, 2.24) is 9.97 Å². The number of fused-ring (bicyclic) bond motifs is 3. The molecular formula is C20H13BrFN3. The van der Waals surface area contributed by atoms with Crippen LogP contribution in [0.5, 0.6) is 0 Å². The van der Waals surface area contributed by atoms with Gasteiger partial charge in [-0.05, 0) is 53.2 Å². The number of hydrogen-bond acceptors (Lipinski definition) is 3. The van der Waals surface area contributed by atoms with E-state index in [4.69, 9.17) is 4.98 Å². The van der Waals surface area contributed by atoms with Crippen LogP contribution in [0.15, 0.2) is 70.3 Å². The van der Waals surface area contributed by atoms with Crippen molar-refractivity contribution in [3.63, 3.8) is 0 Å². The normalized spacial score (nSPS) is 12.0. The molecule has 0 amide bonds. The second-order valence-electron chi connectivity index (χ2n) is 5.70. The monoisotopic (exact) mass is 393 g/mol. The first-order chi connectivity index (χ1) is 12.1. The number of hydrogen-bond donors (Lipinski definition) is 0. The maximum Gasteiger partial charge on any atom is 0.124 e. The molecule has 0 aliphatic heterocycles. The Kier molecular flexibility index (Phi) is 4.01. The van der Waals surface area contributed by atoms with Gasteiger partial charge in [0.2, 0.25) is 0 Å². The second-order valence-corrected chi connectivity index (χ2v) is 6.56. The van der Waals surface area contributed by atoms with Gasteiger partial charge in [0.05, 0.1) is 28.1 Å². The van der Waals surface area contributed by atoms with Crippen molar-refractivity contribution < 1.29 is 4.39 Å². The van der Waals surface area contributed by atoms with Gasteiger partial charge in [-0.25, -0.2) is 9.37 Å². The summed E-state index contributed by atoms with van der Waals surface area (Å²) < 4.78 is 13.8. The van der Waals surface area contributed by atoms with Crippen molar-refractivity contribution in [3.8, 4) is 0 Å². The van der Waals surface area contributed by atoms with Crippen molar-refractivity contribution >= 4 is 49.1 Å². The van der Waals surface area contributed by atoms with Gasteiger partial charge in [-0.1, -0.05) is 24.3 Å². The van der Waals surface area contributed by atoms with Gasteiger partial charge in [0, 0.05) is 21.4 Å². The summed E-state index contributed by atoms with van der Waals surface area (Å²) in [4.78, 5) is 13.8. The highest BCUT2D eigenvalue weighted by atomic mass is 79.9. The molecule has 0 unspecified atom stereocenters. The van der Waals surface area contributed by atoms with Crippen LogP contribution >= 0.6 is 15.9 Å². The average Bonchev–Trinajstić information content (AvgIpc) is 2.63. The van der Waals surface area contributed by atoms with E-state index in [9.17, 15) is 4.39 Å². The number of halogens is 2. The highest BCUT2D eigenvalue weighted by Gasteiger charge is 2.07. The maximum absolute atomic E-state index is 13.2. The van der Waals surface area contributed by atoms with Crippen LogP contribution in [0.1, 0.15) is 12.6 Å². The number of aliphatic imine (C=N–C) groups is 1. The van der Waals surface area contributed by atoms with Gasteiger partial charge >= 0.3 is 0 Å². The summed E-state index contributed by atoms with van der Waals surface area (Å²) >= 11 is 3.34. The van der Waals surface area contributed by atoms with E-state index in [-0.39, 0.29) is 5.82 Å². The predicted octanol–water partition coefficient (Wildman–Crippen LogP) is 5.83. The van der Waals surface area contributed by atoms with Crippen LogP contribution in [0.25, 0.3) is 21.8 Å². The SMILES string of the molecule is CC(=Nc1ccc(F)cc1Br)c1ccc2ccc3cccnc3c2n1. The average molecular weight is 394 g/mol. The molecule has 2 aromatic carbocycles. The number of pyridine rings is 2. The quantitative estimate of drug-likeness (QED) is 0.317. The number of nitrogens with zero attached hydrogens (tertiary/aromatic N) is 3. The first-order valence-corrected chi connectivity index (χ1v) is 8.56. The fourth-order valence-electron chi connectivity index (χ4n) is 2.74. The van der Waals surface area contributed by atoms with Crippen molar-refractivity contribution in [2.45, 2.75) is 6.92 Å². The fourth-order valence-corrected chi connectivity index (χ4v) is 3.17. The topological polar surface area (TPSA) is 38.1 Å². The Labute approximate surface area is 152 Å². The van der Waals surface area contributed by atoms with E-state index in [1.54, 1.807) is 12.3 Å². The smallest absolute Gasteiger partial charge is 0.124 e. The van der Waals surface area contributed by atoms with Crippen molar-refractivity contribution in [1.29, 1.82) is 0 Å². The molecule has 0 spiro atoms. The Morgan fingerprint density at radius 1 is 1.00 bits per heavy atom. The summed E-state index contributed by atoms with van der Waals surface area (Å²) in [7, 11) is 0. The van der Waals surface area contributed by atoms with Gasteiger partial charge in [0.15, 0.2) is 0 Å². The van der Waals surface area contributed by atoms with Crippen molar-refractivity contribution in [2.24, 2.45) is 4.99 Å². The largest absolute Gasteiger partial charge is 0.254 e. The molecule has 4 aromatic rings. The zero-order valence-electron chi connectivity index (χ0n) is 13.4. The van der Waals surface area contributed by atoms with E-state index in [1.165, 1.54) is 12.1 Å². The Hall–Kier alpha value is -2.66. The molecule has 2 heterocycles. The molecule has 0 radical (unpaired) electrons. The van der Waals surface area contributed by atoms with E-state index >= 15 is 0 Å². The molecule has 5 heteroatoms. The van der Waals surface area contributed by atoms with Crippen LogP contribution in [0.2, 0.25) is 0 Å². The molecule has 0 atom stereocenters. The van der Waals surface area contributed by atoms with Crippen LogP contribution < -0.4 is 0 Å². The van der Waals surface area contributed by atoms with Gasteiger partial charge < -0.3 is 0 Å². The molecule has 122 valence electrons. The third kappa shape index (κ3) is 3.03. The Balaban J connectivity index is 1.85. The maximum atomic E-state index is 13.2. The lowest BCUT2D eigenvalue weighted by molar-refractivity contribution is 0.627. The lowest BCUT2D eigenvalue weighted by Gasteiger charge is -2.06. The van der Waals surface area contributed by atoms with Gasteiger partial charge in [-0.3, -0.25) is 9.98 Å². The number of benzene rings is 2. The Bertz CT molecular complexity index is 1140. The van der Waals surface area contributed by atoms with Gasteiger partial charge in [-0.15, -0.1) is 0 Å². The van der Waals surface area contributed by atoms with Crippen LogP contribution in [0.3, 0.4) is 0 Å². The molecule has 4 rings (SSSR count). The zero-order chi connectivity index (χ0) is 17.4. The standard InChI is InChI=1S/C20H13BrFN3/c1-12(24-18-9-7-15(22)11-16(18)21)17-8-6-14-5-4-13-3-2-10-23-19(13)20(14)25-17/h2-11H,1H3. The third-order valence-corrected chi connectivity index (χ3v) is 4.64. The molecule has 0 N–H and O–H groups in total. The van der Waals surface area contributed by atoms with E-state index in [2.05, 4.69) is 25.9 Å². The summed E-state index contributed by atoms with van der Waals surface area (Å²) in [5.74, 6) is -0.301. The minimum absolute atomic E-state index is 0.301. The summed E-state index contributed by atoms with van der Waals surface area (Å²) in [6.45, 7) is 1.89. The van der Waals surface area contributed by atoms with Crippen molar-refractivity contribution in [2.75, 3.05) is 0 Å². The van der Waals surface area contributed by atoms with Crippen LogP contribution in [-0.4, -0.2) is 15.7 Å². The molecule has 0 saturated heterocycles. The molecule has 0 aliphatic carbocycles. The zero-order valence-corrected chi connectivity index (χ0v) is 15.0. The first kappa shape index (κ1) is 15.8. The molecule has 0 fully saturated rings. The molecule has 0 bridgehead atoms. The first-order valence-electron chi connectivity index (χ1n) is 7.77. The number of rotatable bonds is 2. The molecule has 0 saturated carbocycles. The van der Waals surface area contributed by atoms with Crippen LogP contribution in [0, 0.1) is 5.82 Å². The minimum Gasteiger partial charge on any atom is -0.254 e. The lowest BCUT2D eigenvalue weighted by Crippen LogP contribution is -1.99. The summed E-state index contributed by atoms with van der Waals surface area (Å²) in [6, 6.07) is 16.4. The second kappa shape index (κ2) is 6.33. The van der Waals surface area contributed by atoms with Crippen molar-refractivity contribution in [3.05, 3.63) is 76.8 Å². The summed E-state index contributed by atoms with van der Waals surface area (Å²) in [5, 5.41) is 2.08. The molecule has 0 aliphatic rings. The predicted molar refractivity (Wildman–Crippen MR) is 103 cm³/mol. The summed E-state index contributed by atoms with van der Waals surface area (Å²) in [5.41, 5.74) is 3.90. The molecule has 25 heavy (non-hydrogen) atoms. The van der Waals surface area contributed by atoms with Gasteiger partial charge in [-0.2, -0.15) is 0 Å². The molecular weight excluding hydrogens is 381 g/mol. The highest BCUT2D eigenvalue weighted by molar-refractivity contribution is 9.10. The van der Waals surface area contributed by atoms with Crippen LogP contribution in [0.4, 0.5) is 10.1 Å². The Morgan fingerprint density at radius 3 is 2.56 bits per heavy atom. The Morgan fingerprint density at radius 2 is 1.76 bits per heavy atom. The molecule has 3 nitrogen and oxygen atoms in total. The van der Waals surface area contributed by atoms with E-state index in [0.29, 0.717) is 10.2 Å². The third-order valence-electron chi connectivity index (χ3n) is 4.00. The minimum atomic E-state index is -0.301. The van der Waals surface area contributed by atoms with E-state index in [0.717, 1.165) is 33.2 Å². The van der Waals surface area contributed by atoms with Gasteiger partial charge in [0.1, 0.15) is 5.82 Å². The summed E-state index contributed by atoms with van der Waals surface area (Å²) in [6.07, 6.45) is 1.77. The highest BCUT2D eigenvalue weighted by Crippen LogP contribution is 2.27. The lowest BCUT2D eigenvalue weighted by atomic mass is 10.1. The molecule has 2 aromatic heterocycles. The van der Waals surface area contributed by atoms with E-state index < -0.39 is 0 Å². The number of aromatic nitrogens is 2.